The molecule has 9 nitrogen and oxygen atoms in total. The number of halogens is 1. The van der Waals surface area contributed by atoms with Gasteiger partial charge in [-0.2, -0.15) is 0 Å². The number of benzene rings is 2. The molecule has 0 saturated heterocycles. The SMILES string of the molecule is CC.Cc1ccc(-c2c(NS(=O)(=O)c3ccc(C(C)C)cc3)ncnc2OCCOc2ncc(Br)cn2)cc1. The first kappa shape index (κ1) is 30.0. The lowest BCUT2D eigenvalue weighted by Crippen LogP contribution is -2.16. The third-order valence-corrected chi connectivity index (χ3v) is 7.16. The van der Waals surface area contributed by atoms with Gasteiger partial charge in [-0.25, -0.2) is 28.4 Å². The van der Waals surface area contributed by atoms with Crippen LogP contribution in [0.25, 0.3) is 11.1 Å². The maximum absolute atomic E-state index is 13.2. The smallest absolute Gasteiger partial charge is 0.316 e. The number of rotatable bonds is 10. The first-order valence-electron chi connectivity index (χ1n) is 12.5. The average Bonchev–Trinajstić information content (AvgIpc) is 2.94. The predicted molar refractivity (Wildman–Crippen MR) is 156 cm³/mol. The van der Waals surface area contributed by atoms with Crippen LogP contribution in [0, 0.1) is 6.92 Å². The van der Waals surface area contributed by atoms with Crippen molar-refractivity contribution in [3.05, 3.63) is 82.9 Å². The molecule has 0 fully saturated rings. The topological polar surface area (TPSA) is 116 Å². The molecule has 4 rings (SSSR count). The Kier molecular flexibility index (Phi) is 10.8. The Morgan fingerprint density at radius 2 is 1.49 bits per heavy atom. The number of hydrogen-bond acceptors (Lipinski definition) is 8. The fourth-order valence-electron chi connectivity index (χ4n) is 3.40. The van der Waals surface area contributed by atoms with Gasteiger partial charge in [0.1, 0.15) is 19.5 Å². The van der Waals surface area contributed by atoms with Crippen LogP contribution in [0.1, 0.15) is 44.7 Å². The number of aryl methyl sites for hydroxylation is 1. The molecular weight excluding hydrogens is 582 g/mol. The van der Waals surface area contributed by atoms with Gasteiger partial charge >= 0.3 is 6.01 Å². The van der Waals surface area contributed by atoms with Gasteiger partial charge in [0.25, 0.3) is 10.0 Å². The van der Waals surface area contributed by atoms with Crippen molar-refractivity contribution in [3.63, 3.8) is 0 Å². The van der Waals surface area contributed by atoms with Gasteiger partial charge < -0.3 is 9.47 Å². The summed E-state index contributed by atoms with van der Waals surface area (Å²) in [5, 5.41) is 0. The van der Waals surface area contributed by atoms with E-state index in [0.29, 0.717) is 17.0 Å². The summed E-state index contributed by atoms with van der Waals surface area (Å²) >= 11 is 3.28. The van der Waals surface area contributed by atoms with Crippen molar-refractivity contribution in [3.8, 4) is 23.0 Å². The zero-order chi connectivity index (χ0) is 28.4. The number of aromatic nitrogens is 4. The molecule has 206 valence electrons. The van der Waals surface area contributed by atoms with Crippen LogP contribution in [-0.4, -0.2) is 41.6 Å². The second-order valence-electron chi connectivity index (χ2n) is 8.48. The minimum Gasteiger partial charge on any atom is -0.473 e. The first-order valence-corrected chi connectivity index (χ1v) is 14.8. The maximum atomic E-state index is 13.2. The Balaban J connectivity index is 0.00000205. The largest absolute Gasteiger partial charge is 0.473 e. The molecule has 0 unspecified atom stereocenters. The van der Waals surface area contributed by atoms with E-state index in [4.69, 9.17) is 9.47 Å². The Hall–Kier alpha value is -3.57. The third kappa shape index (κ3) is 8.21. The quantitative estimate of drug-likeness (QED) is 0.204. The molecule has 0 bridgehead atoms. The van der Waals surface area contributed by atoms with Crippen molar-refractivity contribution in [1.29, 1.82) is 0 Å². The molecule has 0 aliphatic carbocycles. The van der Waals surface area contributed by atoms with Crippen LogP contribution in [0.15, 0.2) is 76.6 Å². The van der Waals surface area contributed by atoms with Crippen LogP contribution >= 0.6 is 15.9 Å². The van der Waals surface area contributed by atoms with Crippen molar-refractivity contribution in [2.24, 2.45) is 0 Å². The summed E-state index contributed by atoms with van der Waals surface area (Å²) in [7, 11) is -3.92. The highest BCUT2D eigenvalue weighted by atomic mass is 79.9. The number of ether oxygens (including phenoxy) is 2. The molecule has 0 aliphatic rings. The van der Waals surface area contributed by atoms with E-state index >= 15 is 0 Å². The molecule has 1 N–H and O–H groups in total. The van der Waals surface area contributed by atoms with Gasteiger partial charge in [0.15, 0.2) is 5.82 Å². The van der Waals surface area contributed by atoms with Gasteiger partial charge in [0, 0.05) is 12.4 Å². The van der Waals surface area contributed by atoms with Crippen LogP contribution in [-0.2, 0) is 10.0 Å². The van der Waals surface area contributed by atoms with E-state index in [1.165, 1.54) is 6.33 Å². The molecule has 2 aromatic heterocycles. The molecule has 2 aromatic carbocycles. The lowest BCUT2D eigenvalue weighted by Gasteiger charge is -2.16. The molecule has 0 spiro atoms. The molecule has 11 heteroatoms. The molecule has 2 heterocycles. The van der Waals surface area contributed by atoms with Gasteiger partial charge in [-0.15, -0.1) is 0 Å². The van der Waals surface area contributed by atoms with E-state index in [1.807, 2.05) is 57.2 Å². The minimum atomic E-state index is -3.92. The maximum Gasteiger partial charge on any atom is 0.316 e. The summed E-state index contributed by atoms with van der Waals surface area (Å²) in [5.74, 6) is 0.615. The molecule has 0 radical (unpaired) electrons. The van der Waals surface area contributed by atoms with Crippen molar-refractivity contribution in [2.75, 3.05) is 17.9 Å². The number of anilines is 1. The summed E-state index contributed by atoms with van der Waals surface area (Å²) < 4.78 is 41.2. The van der Waals surface area contributed by atoms with Crippen molar-refractivity contribution in [1.82, 2.24) is 19.9 Å². The Labute approximate surface area is 238 Å². The van der Waals surface area contributed by atoms with Gasteiger partial charge in [0.05, 0.1) is 14.9 Å². The fraction of sp³-hybridized carbons (Fsp3) is 0.286. The summed E-state index contributed by atoms with van der Waals surface area (Å²) in [4.78, 5) is 16.8. The van der Waals surface area contributed by atoms with Crippen LogP contribution < -0.4 is 14.2 Å². The Morgan fingerprint density at radius 3 is 2.10 bits per heavy atom. The normalized spacial score (nSPS) is 10.9. The molecule has 0 aliphatic heterocycles. The average molecular weight is 615 g/mol. The summed E-state index contributed by atoms with van der Waals surface area (Å²) in [6.45, 7) is 10.3. The highest BCUT2D eigenvalue weighted by Gasteiger charge is 2.22. The van der Waals surface area contributed by atoms with Crippen LogP contribution in [0.4, 0.5) is 5.82 Å². The fourth-order valence-corrected chi connectivity index (χ4v) is 4.63. The van der Waals surface area contributed by atoms with Crippen molar-refractivity contribution < 1.29 is 17.9 Å². The van der Waals surface area contributed by atoms with Crippen molar-refractivity contribution >= 4 is 31.8 Å². The van der Waals surface area contributed by atoms with Gasteiger partial charge in [-0.05, 0) is 52.0 Å². The Bertz CT molecular complexity index is 1450. The zero-order valence-corrected chi connectivity index (χ0v) is 25.0. The minimum absolute atomic E-state index is 0.110. The summed E-state index contributed by atoms with van der Waals surface area (Å²) in [6.07, 6.45) is 4.42. The van der Waals surface area contributed by atoms with E-state index in [2.05, 4.69) is 54.4 Å². The summed E-state index contributed by atoms with van der Waals surface area (Å²) in [6, 6.07) is 14.6. The van der Waals surface area contributed by atoms with E-state index < -0.39 is 10.0 Å². The van der Waals surface area contributed by atoms with E-state index in [9.17, 15) is 8.42 Å². The van der Waals surface area contributed by atoms with E-state index in [-0.39, 0.29) is 35.8 Å². The van der Waals surface area contributed by atoms with Gasteiger partial charge in [-0.3, -0.25) is 4.72 Å². The summed E-state index contributed by atoms with van der Waals surface area (Å²) in [5.41, 5.74) is 3.22. The highest BCUT2D eigenvalue weighted by molar-refractivity contribution is 9.10. The highest BCUT2D eigenvalue weighted by Crippen LogP contribution is 2.35. The number of hydrogen-bond donors (Lipinski definition) is 1. The lowest BCUT2D eigenvalue weighted by atomic mass is 10.0. The number of nitrogens with one attached hydrogen (secondary N) is 1. The zero-order valence-electron chi connectivity index (χ0n) is 22.6. The monoisotopic (exact) mass is 613 g/mol. The Morgan fingerprint density at radius 1 is 0.872 bits per heavy atom. The number of nitrogens with zero attached hydrogens (tertiary/aromatic N) is 4. The van der Waals surface area contributed by atoms with Crippen LogP contribution in [0.5, 0.6) is 11.9 Å². The molecular formula is C28H32BrN5O4S. The predicted octanol–water partition coefficient (Wildman–Crippen LogP) is 6.41. The molecule has 4 aromatic rings. The molecule has 39 heavy (non-hydrogen) atoms. The third-order valence-electron chi connectivity index (χ3n) is 5.39. The molecule has 0 amide bonds. The second-order valence-corrected chi connectivity index (χ2v) is 11.1. The lowest BCUT2D eigenvalue weighted by molar-refractivity contribution is 0.202. The second kappa shape index (κ2) is 14.0. The van der Waals surface area contributed by atoms with Gasteiger partial charge in [-0.1, -0.05) is 69.7 Å². The van der Waals surface area contributed by atoms with Gasteiger partial charge in [0.2, 0.25) is 5.88 Å². The van der Waals surface area contributed by atoms with E-state index in [1.54, 1.807) is 24.5 Å². The van der Waals surface area contributed by atoms with Crippen LogP contribution in [0.3, 0.4) is 0 Å². The van der Waals surface area contributed by atoms with Crippen LogP contribution in [0.2, 0.25) is 0 Å². The number of sulfonamides is 1. The van der Waals surface area contributed by atoms with E-state index in [0.717, 1.165) is 15.6 Å². The molecule has 0 atom stereocenters. The molecule has 0 saturated carbocycles. The standard InChI is InChI=1S/C26H26BrN5O4S.C2H6/c1-17(2)19-8-10-22(11-9-19)37(33,34)32-24-23(20-6-4-18(3)5-7-20)25(31-16-30-24)35-12-13-36-26-28-14-21(27)15-29-26;1-2/h4-11,14-17H,12-13H2,1-3H3,(H,30,31,32);1-2H3. The first-order chi connectivity index (χ1) is 18.7. The van der Waals surface area contributed by atoms with Crippen molar-refractivity contribution in [2.45, 2.75) is 45.4 Å².